The minimum Gasteiger partial charge on any atom is -0.493 e. The summed E-state index contributed by atoms with van der Waals surface area (Å²) < 4.78 is 16.0. The maximum atomic E-state index is 12.4. The van der Waals surface area contributed by atoms with Gasteiger partial charge in [-0.1, -0.05) is 11.8 Å². The van der Waals surface area contributed by atoms with Crippen molar-refractivity contribution in [2.75, 3.05) is 19.5 Å². The fourth-order valence-electron chi connectivity index (χ4n) is 2.23. The number of nitrogens with one attached hydrogen (secondary N) is 1. The van der Waals surface area contributed by atoms with E-state index in [9.17, 15) is 4.79 Å². The number of pyridine rings is 1. The third kappa shape index (κ3) is 4.56. The lowest BCUT2D eigenvalue weighted by Crippen LogP contribution is -2.22. The maximum absolute atomic E-state index is 12.4. The molecule has 140 valence electrons. The monoisotopic (exact) mass is 386 g/mol. The number of thioether (sulfide) groups is 1. The number of aromatic nitrogens is 3. The first kappa shape index (κ1) is 18.7. The van der Waals surface area contributed by atoms with Gasteiger partial charge in [-0.25, -0.2) is 0 Å². The molecule has 0 saturated carbocycles. The highest BCUT2D eigenvalue weighted by Crippen LogP contribution is 2.31. The van der Waals surface area contributed by atoms with Gasteiger partial charge >= 0.3 is 0 Å². The Hall–Kier alpha value is -3.07. The van der Waals surface area contributed by atoms with Gasteiger partial charge in [0.25, 0.3) is 5.22 Å². The molecule has 2 heterocycles. The van der Waals surface area contributed by atoms with E-state index in [-0.39, 0.29) is 5.91 Å². The average molecular weight is 386 g/mol. The molecule has 27 heavy (non-hydrogen) atoms. The average Bonchev–Trinajstić information content (AvgIpc) is 3.17. The molecule has 3 rings (SSSR count). The molecule has 0 spiro atoms. The first-order valence-electron chi connectivity index (χ1n) is 8.04. The van der Waals surface area contributed by atoms with Crippen LogP contribution < -0.4 is 14.8 Å². The molecular weight excluding hydrogens is 368 g/mol. The molecule has 0 saturated heterocycles. The zero-order chi connectivity index (χ0) is 19.2. The molecule has 9 heteroatoms. The molecule has 3 aromatic rings. The molecule has 0 aliphatic heterocycles. The zero-order valence-corrected chi connectivity index (χ0v) is 15.8. The lowest BCUT2D eigenvalue weighted by Gasteiger charge is -2.12. The number of ether oxygens (including phenoxy) is 2. The van der Waals surface area contributed by atoms with E-state index in [4.69, 9.17) is 13.9 Å². The van der Waals surface area contributed by atoms with Crippen LogP contribution in [0.25, 0.3) is 11.5 Å². The van der Waals surface area contributed by atoms with E-state index in [1.54, 1.807) is 50.7 Å². The van der Waals surface area contributed by atoms with Crippen molar-refractivity contribution in [3.63, 3.8) is 0 Å². The largest absolute Gasteiger partial charge is 0.493 e. The number of carbonyl (C=O) groups is 1. The van der Waals surface area contributed by atoms with Gasteiger partial charge in [0.05, 0.1) is 25.0 Å². The number of amides is 1. The fourth-order valence-corrected chi connectivity index (χ4v) is 2.91. The minimum absolute atomic E-state index is 0.201. The molecule has 0 fully saturated rings. The van der Waals surface area contributed by atoms with Gasteiger partial charge in [0, 0.05) is 24.1 Å². The molecule has 8 nitrogen and oxygen atoms in total. The predicted molar refractivity (Wildman–Crippen MR) is 101 cm³/mol. The van der Waals surface area contributed by atoms with Gasteiger partial charge < -0.3 is 19.2 Å². The molecule has 0 radical (unpaired) electrons. The van der Waals surface area contributed by atoms with Crippen molar-refractivity contribution in [2.45, 2.75) is 17.4 Å². The highest BCUT2D eigenvalue weighted by Gasteiger charge is 2.19. The molecule has 1 atom stereocenters. The highest BCUT2D eigenvalue weighted by atomic mass is 32.2. The lowest BCUT2D eigenvalue weighted by atomic mass is 10.2. The summed E-state index contributed by atoms with van der Waals surface area (Å²) in [6.45, 7) is 1.76. The van der Waals surface area contributed by atoms with E-state index in [0.29, 0.717) is 28.3 Å². The van der Waals surface area contributed by atoms with Gasteiger partial charge in [-0.05, 0) is 31.2 Å². The summed E-state index contributed by atoms with van der Waals surface area (Å²) in [5.41, 5.74) is 1.32. The summed E-state index contributed by atoms with van der Waals surface area (Å²) in [6.07, 6.45) is 3.30. The second kappa shape index (κ2) is 8.54. The Balaban J connectivity index is 1.64. The zero-order valence-electron chi connectivity index (χ0n) is 15.0. The number of carbonyl (C=O) groups excluding carboxylic acids is 1. The SMILES string of the molecule is COc1ccc(NC(=O)[C@H](C)Sc2nnc(-c3cccnc3)o2)cc1OC. The van der Waals surface area contributed by atoms with Crippen LogP contribution in [0.4, 0.5) is 5.69 Å². The number of hydrogen-bond donors (Lipinski definition) is 1. The molecular formula is C18H18N4O4S. The van der Waals surface area contributed by atoms with Crippen molar-refractivity contribution in [3.05, 3.63) is 42.7 Å². The van der Waals surface area contributed by atoms with Crippen molar-refractivity contribution in [1.82, 2.24) is 15.2 Å². The van der Waals surface area contributed by atoms with Crippen LogP contribution in [0, 0.1) is 0 Å². The Kier molecular flexibility index (Phi) is 5.92. The quantitative estimate of drug-likeness (QED) is 0.618. The van der Waals surface area contributed by atoms with Crippen LogP contribution >= 0.6 is 11.8 Å². The first-order chi connectivity index (χ1) is 13.1. The van der Waals surface area contributed by atoms with Crippen LogP contribution in [-0.2, 0) is 4.79 Å². The Morgan fingerprint density at radius 2 is 2.00 bits per heavy atom. The van der Waals surface area contributed by atoms with E-state index in [0.717, 1.165) is 5.56 Å². The molecule has 0 aliphatic carbocycles. The van der Waals surface area contributed by atoms with Crippen LogP contribution in [-0.4, -0.2) is 40.6 Å². The second-order valence-electron chi connectivity index (χ2n) is 5.43. The van der Waals surface area contributed by atoms with Gasteiger partial charge in [0.2, 0.25) is 11.8 Å². The van der Waals surface area contributed by atoms with Crippen LogP contribution in [0.3, 0.4) is 0 Å². The minimum atomic E-state index is -0.444. The number of rotatable bonds is 7. The smallest absolute Gasteiger partial charge is 0.277 e. The van der Waals surface area contributed by atoms with E-state index < -0.39 is 5.25 Å². The van der Waals surface area contributed by atoms with Gasteiger partial charge in [-0.15, -0.1) is 10.2 Å². The van der Waals surface area contributed by atoms with Crippen molar-refractivity contribution in [2.24, 2.45) is 0 Å². The second-order valence-corrected chi connectivity index (χ2v) is 6.73. The van der Waals surface area contributed by atoms with E-state index >= 15 is 0 Å². The maximum Gasteiger partial charge on any atom is 0.277 e. The van der Waals surface area contributed by atoms with E-state index in [1.165, 1.54) is 18.9 Å². The van der Waals surface area contributed by atoms with Gasteiger partial charge in [0.15, 0.2) is 11.5 Å². The van der Waals surface area contributed by atoms with Crippen molar-refractivity contribution in [1.29, 1.82) is 0 Å². The Morgan fingerprint density at radius 1 is 1.19 bits per heavy atom. The molecule has 1 N–H and O–H groups in total. The summed E-state index contributed by atoms with van der Waals surface area (Å²) >= 11 is 1.18. The van der Waals surface area contributed by atoms with Gasteiger partial charge in [-0.2, -0.15) is 0 Å². The third-order valence-corrected chi connectivity index (χ3v) is 4.55. The standard InChI is InChI=1S/C18H18N4O4S/c1-11(16(23)20-13-6-7-14(24-2)15(9-13)25-3)27-18-22-21-17(26-18)12-5-4-8-19-10-12/h4-11H,1-3H3,(H,20,23)/t11-/m0/s1. The fraction of sp³-hybridized carbons (Fsp3) is 0.222. The summed E-state index contributed by atoms with van der Waals surface area (Å²) in [6, 6.07) is 8.77. The number of methoxy groups -OCH3 is 2. The predicted octanol–water partition coefficient (Wildman–Crippen LogP) is 3.27. The van der Waals surface area contributed by atoms with E-state index in [2.05, 4.69) is 20.5 Å². The Bertz CT molecular complexity index is 917. The highest BCUT2D eigenvalue weighted by molar-refractivity contribution is 8.00. The molecule has 1 amide bonds. The number of hydrogen-bond acceptors (Lipinski definition) is 8. The normalized spacial score (nSPS) is 11.7. The number of anilines is 1. The van der Waals surface area contributed by atoms with E-state index in [1.807, 2.05) is 6.07 Å². The summed E-state index contributed by atoms with van der Waals surface area (Å²) in [5, 5.41) is 10.7. The van der Waals surface area contributed by atoms with Crippen molar-refractivity contribution < 1.29 is 18.7 Å². The van der Waals surface area contributed by atoms with Gasteiger partial charge in [0.1, 0.15) is 0 Å². The summed E-state index contributed by atoms with van der Waals surface area (Å²) in [4.78, 5) is 16.5. The lowest BCUT2D eigenvalue weighted by molar-refractivity contribution is -0.115. The van der Waals surface area contributed by atoms with Gasteiger partial charge in [-0.3, -0.25) is 9.78 Å². The molecule has 0 aliphatic rings. The molecule has 0 bridgehead atoms. The summed E-state index contributed by atoms with van der Waals surface area (Å²) in [5.74, 6) is 1.28. The number of nitrogens with zero attached hydrogens (tertiary/aromatic N) is 3. The summed E-state index contributed by atoms with van der Waals surface area (Å²) in [7, 11) is 3.09. The number of benzene rings is 1. The molecule has 0 unspecified atom stereocenters. The van der Waals surface area contributed by atoms with Crippen LogP contribution in [0.5, 0.6) is 11.5 Å². The third-order valence-electron chi connectivity index (χ3n) is 3.61. The van der Waals surface area contributed by atoms with Crippen molar-refractivity contribution >= 4 is 23.4 Å². The molecule has 1 aromatic carbocycles. The Labute approximate surface area is 160 Å². The Morgan fingerprint density at radius 3 is 2.70 bits per heavy atom. The van der Waals surface area contributed by atoms with Crippen LogP contribution in [0.15, 0.2) is 52.4 Å². The van der Waals surface area contributed by atoms with Crippen LogP contribution in [0.2, 0.25) is 0 Å². The van der Waals surface area contributed by atoms with Crippen molar-refractivity contribution in [3.8, 4) is 23.0 Å². The topological polar surface area (TPSA) is 99.4 Å². The van der Waals surface area contributed by atoms with Crippen LogP contribution in [0.1, 0.15) is 6.92 Å². The molecule has 2 aromatic heterocycles. The first-order valence-corrected chi connectivity index (χ1v) is 8.92.